The van der Waals surface area contributed by atoms with E-state index in [-0.39, 0.29) is 0 Å². The van der Waals surface area contributed by atoms with E-state index >= 15 is 0 Å². The van der Waals surface area contributed by atoms with Crippen LogP contribution in [0.2, 0.25) is 0 Å². The van der Waals surface area contributed by atoms with Crippen LogP contribution >= 0.6 is 0 Å². The van der Waals surface area contributed by atoms with Crippen LogP contribution in [0.5, 0.6) is 0 Å². The lowest BCUT2D eigenvalue weighted by molar-refractivity contribution is 0.201. The predicted octanol–water partition coefficient (Wildman–Crippen LogP) is 5.35. The summed E-state index contributed by atoms with van der Waals surface area (Å²) in [5.74, 6) is 0.888. The molecule has 0 bridgehead atoms. The van der Waals surface area contributed by atoms with Gasteiger partial charge in [0.05, 0.1) is 5.76 Å². The average molecular weight is 234 g/mol. The first kappa shape index (κ1) is 17.9. The molecule has 1 heteroatoms. The van der Waals surface area contributed by atoms with Crippen molar-refractivity contribution in [3.8, 4) is 0 Å². The van der Waals surface area contributed by atoms with Crippen molar-refractivity contribution in [2.24, 2.45) is 0 Å². The third kappa shape index (κ3) is 10.8. The highest BCUT2D eigenvalue weighted by Gasteiger charge is 1.91. The Labute approximate surface area is 107 Å². The quantitative estimate of drug-likeness (QED) is 0.504. The molecule has 96 valence electrons. The number of rotatable bonds is 4. The molecule has 0 amide bonds. The summed E-state index contributed by atoms with van der Waals surface area (Å²) < 4.78 is 5.46. The molecule has 0 radical (unpaired) electrons. The minimum atomic E-state index is 0.622. The Morgan fingerprint density at radius 1 is 1.12 bits per heavy atom. The zero-order valence-corrected chi connectivity index (χ0v) is 11.9. The van der Waals surface area contributed by atoms with Gasteiger partial charge < -0.3 is 4.74 Å². The smallest absolute Gasteiger partial charge is 0.113 e. The number of hydrogen-bond donors (Lipinski definition) is 0. The molecule has 0 aliphatic heterocycles. The molecule has 0 spiro atoms. The average Bonchev–Trinajstić information content (AvgIpc) is 2.43. The van der Waals surface area contributed by atoms with Crippen molar-refractivity contribution < 1.29 is 4.74 Å². The molecule has 17 heavy (non-hydrogen) atoms. The molecular formula is C16H26O. The van der Waals surface area contributed by atoms with E-state index in [9.17, 15) is 0 Å². The van der Waals surface area contributed by atoms with Crippen molar-refractivity contribution in [2.45, 2.75) is 41.2 Å². The van der Waals surface area contributed by atoms with Gasteiger partial charge >= 0.3 is 0 Å². The first-order chi connectivity index (χ1) is 8.33. The van der Waals surface area contributed by atoms with Crippen LogP contribution in [-0.2, 0) is 11.3 Å². The molecule has 0 saturated heterocycles. The number of benzene rings is 1. The van der Waals surface area contributed by atoms with Crippen LogP contribution < -0.4 is 0 Å². The van der Waals surface area contributed by atoms with Gasteiger partial charge in [-0.1, -0.05) is 70.7 Å². The van der Waals surface area contributed by atoms with E-state index in [1.54, 1.807) is 6.08 Å². The van der Waals surface area contributed by atoms with Gasteiger partial charge in [0.2, 0.25) is 0 Å². The van der Waals surface area contributed by atoms with Gasteiger partial charge in [0.1, 0.15) is 6.61 Å². The normalized spacial score (nSPS) is 9.12. The fraction of sp³-hybridized carbons (Fsp3) is 0.375. The van der Waals surface area contributed by atoms with Gasteiger partial charge in [-0.3, -0.25) is 0 Å². The fourth-order valence-corrected chi connectivity index (χ4v) is 0.985. The van der Waals surface area contributed by atoms with Gasteiger partial charge in [0.25, 0.3) is 0 Å². The Hall–Kier alpha value is -1.50. The Bertz CT molecular complexity index is 286. The predicted molar refractivity (Wildman–Crippen MR) is 77.9 cm³/mol. The van der Waals surface area contributed by atoms with E-state index in [0.29, 0.717) is 6.61 Å². The SMILES string of the molecule is C=C/C=C(\C)OCc1ccccc1.CC.CC. The Morgan fingerprint density at radius 2 is 1.65 bits per heavy atom. The van der Waals surface area contributed by atoms with E-state index in [0.717, 1.165) is 5.76 Å². The third-order valence-corrected chi connectivity index (χ3v) is 1.66. The van der Waals surface area contributed by atoms with Crippen molar-refractivity contribution in [3.63, 3.8) is 0 Å². The van der Waals surface area contributed by atoms with Crippen LogP contribution in [-0.4, -0.2) is 0 Å². The molecule has 1 rings (SSSR count). The lowest BCUT2D eigenvalue weighted by atomic mass is 10.2. The molecule has 1 aromatic rings. The second-order valence-electron chi connectivity index (χ2n) is 2.79. The van der Waals surface area contributed by atoms with E-state index in [2.05, 4.69) is 6.58 Å². The maximum atomic E-state index is 5.46. The summed E-state index contributed by atoms with van der Waals surface area (Å²) >= 11 is 0. The molecule has 0 fully saturated rings. The topological polar surface area (TPSA) is 9.23 Å². The summed E-state index contributed by atoms with van der Waals surface area (Å²) in [5, 5.41) is 0. The van der Waals surface area contributed by atoms with E-state index in [4.69, 9.17) is 4.74 Å². The van der Waals surface area contributed by atoms with Gasteiger partial charge in [-0.05, 0) is 18.6 Å². The van der Waals surface area contributed by atoms with Gasteiger partial charge in [-0.15, -0.1) is 0 Å². The summed E-state index contributed by atoms with van der Waals surface area (Å²) in [4.78, 5) is 0. The first-order valence-corrected chi connectivity index (χ1v) is 6.29. The Morgan fingerprint density at radius 3 is 2.12 bits per heavy atom. The standard InChI is InChI=1S/C12H14O.2C2H6/c1-3-7-11(2)13-10-12-8-5-4-6-9-12;2*1-2/h3-9H,1,10H2,2H3;2*1-2H3/b11-7+;;. The summed E-state index contributed by atoms with van der Waals surface area (Å²) in [5.41, 5.74) is 1.18. The van der Waals surface area contributed by atoms with Gasteiger partial charge in [-0.25, -0.2) is 0 Å². The molecule has 0 unspecified atom stereocenters. The summed E-state index contributed by atoms with van der Waals surface area (Å²) in [6.07, 6.45) is 3.57. The summed E-state index contributed by atoms with van der Waals surface area (Å²) in [6, 6.07) is 10.1. The number of hydrogen-bond acceptors (Lipinski definition) is 1. The van der Waals surface area contributed by atoms with Gasteiger partial charge in [0.15, 0.2) is 0 Å². The lowest BCUT2D eigenvalue weighted by Gasteiger charge is -2.04. The van der Waals surface area contributed by atoms with Crippen LogP contribution in [0.15, 0.2) is 54.8 Å². The minimum absolute atomic E-state index is 0.622. The minimum Gasteiger partial charge on any atom is -0.494 e. The molecule has 1 aromatic carbocycles. The largest absolute Gasteiger partial charge is 0.494 e. The highest BCUT2D eigenvalue weighted by Crippen LogP contribution is 2.04. The second kappa shape index (κ2) is 14.5. The summed E-state index contributed by atoms with van der Waals surface area (Å²) in [7, 11) is 0. The molecule has 0 aliphatic rings. The third-order valence-electron chi connectivity index (χ3n) is 1.66. The van der Waals surface area contributed by atoms with Crippen LogP contribution in [0.1, 0.15) is 40.2 Å². The fourth-order valence-electron chi connectivity index (χ4n) is 0.985. The van der Waals surface area contributed by atoms with Crippen LogP contribution in [0.3, 0.4) is 0 Å². The highest BCUT2D eigenvalue weighted by molar-refractivity contribution is 5.14. The molecular weight excluding hydrogens is 208 g/mol. The maximum Gasteiger partial charge on any atom is 0.113 e. The van der Waals surface area contributed by atoms with Crippen molar-refractivity contribution in [1.29, 1.82) is 0 Å². The highest BCUT2D eigenvalue weighted by atomic mass is 16.5. The van der Waals surface area contributed by atoms with Crippen LogP contribution in [0.25, 0.3) is 0 Å². The van der Waals surface area contributed by atoms with Crippen molar-refractivity contribution in [2.75, 3.05) is 0 Å². The van der Waals surface area contributed by atoms with Crippen LogP contribution in [0.4, 0.5) is 0 Å². The summed E-state index contributed by atoms with van der Waals surface area (Å²) in [6.45, 7) is 14.1. The van der Waals surface area contributed by atoms with E-state index < -0.39 is 0 Å². The molecule has 0 aromatic heterocycles. The van der Waals surface area contributed by atoms with E-state index in [1.807, 2.05) is 71.0 Å². The zero-order valence-electron chi connectivity index (χ0n) is 11.9. The monoisotopic (exact) mass is 234 g/mol. The van der Waals surface area contributed by atoms with Crippen molar-refractivity contribution in [3.05, 3.63) is 60.4 Å². The number of ether oxygens (including phenoxy) is 1. The molecule has 0 N–H and O–H groups in total. The van der Waals surface area contributed by atoms with Crippen molar-refractivity contribution >= 4 is 0 Å². The zero-order chi connectivity index (χ0) is 13.5. The Balaban J connectivity index is 0. The first-order valence-electron chi connectivity index (χ1n) is 6.29. The second-order valence-corrected chi connectivity index (χ2v) is 2.79. The molecule has 0 heterocycles. The molecule has 1 nitrogen and oxygen atoms in total. The van der Waals surface area contributed by atoms with E-state index in [1.165, 1.54) is 5.56 Å². The lowest BCUT2D eigenvalue weighted by Crippen LogP contribution is -1.89. The molecule has 0 saturated carbocycles. The molecule has 0 atom stereocenters. The number of allylic oxidation sites excluding steroid dienone is 3. The molecule has 0 aliphatic carbocycles. The van der Waals surface area contributed by atoms with Gasteiger partial charge in [0, 0.05) is 0 Å². The van der Waals surface area contributed by atoms with Gasteiger partial charge in [-0.2, -0.15) is 0 Å². The Kier molecular flexibility index (Phi) is 15.3. The maximum absolute atomic E-state index is 5.46. The van der Waals surface area contributed by atoms with Crippen molar-refractivity contribution in [1.82, 2.24) is 0 Å². The van der Waals surface area contributed by atoms with Crippen LogP contribution in [0, 0.1) is 0 Å².